The number of rotatable bonds is 4. The van der Waals surface area contributed by atoms with Crippen LogP contribution < -0.4 is 21.3 Å². The van der Waals surface area contributed by atoms with Gasteiger partial charge in [-0.2, -0.15) is 0 Å². The molecule has 230 valence electrons. The van der Waals surface area contributed by atoms with Crippen molar-refractivity contribution < 1.29 is 0 Å². The summed E-state index contributed by atoms with van der Waals surface area (Å²) in [6.07, 6.45) is 23.6. The van der Waals surface area contributed by atoms with Gasteiger partial charge in [0.1, 0.15) is 0 Å². The molecular weight excluding hydrogens is 592 g/mol. The molecule has 48 heavy (non-hydrogen) atoms. The van der Waals surface area contributed by atoms with Gasteiger partial charge in [0.15, 0.2) is 0 Å². The van der Waals surface area contributed by atoms with Crippen LogP contribution in [0.25, 0.3) is 22.3 Å². The molecule has 6 aromatic heterocycles. The summed E-state index contributed by atoms with van der Waals surface area (Å²) in [5.41, 5.74) is 12.7. The Kier molecular flexibility index (Phi) is 6.75. The minimum atomic E-state index is -0.0965. The normalized spacial score (nSPS) is 23.6. The monoisotopic (exact) mass is 622 g/mol. The van der Waals surface area contributed by atoms with Crippen molar-refractivity contribution in [3.05, 3.63) is 202 Å². The van der Waals surface area contributed by atoms with E-state index in [0.717, 1.165) is 78.0 Å². The zero-order valence-electron chi connectivity index (χ0n) is 25.8. The smallest absolute Gasteiger partial charge is 0.0728 e. The van der Waals surface area contributed by atoms with Gasteiger partial charge in [0.25, 0.3) is 0 Å². The zero-order valence-corrected chi connectivity index (χ0v) is 25.8. The van der Waals surface area contributed by atoms with Gasteiger partial charge in [0, 0.05) is 105 Å². The first-order chi connectivity index (χ1) is 23.8. The van der Waals surface area contributed by atoms with Gasteiger partial charge in [0.2, 0.25) is 0 Å². The maximum atomic E-state index is 4.32. The Bertz CT molecular complexity index is 2220. The van der Waals surface area contributed by atoms with Crippen molar-refractivity contribution in [1.82, 2.24) is 40.5 Å². The number of nitrogens with one attached hydrogen (secondary N) is 4. The minimum Gasteiger partial charge on any atom is -0.374 e. The van der Waals surface area contributed by atoms with Crippen molar-refractivity contribution in [3.63, 3.8) is 0 Å². The van der Waals surface area contributed by atoms with Crippen molar-refractivity contribution in [2.75, 3.05) is 0 Å². The van der Waals surface area contributed by atoms with Crippen molar-refractivity contribution in [2.24, 2.45) is 0 Å². The highest BCUT2D eigenvalue weighted by atomic mass is 15.0. The number of hydrogen-bond donors (Lipinski definition) is 4. The fourth-order valence-electron chi connectivity index (χ4n) is 6.97. The van der Waals surface area contributed by atoms with Crippen LogP contribution in [-0.2, 0) is 0 Å². The maximum Gasteiger partial charge on any atom is 0.0728 e. The molecule has 8 nitrogen and oxygen atoms in total. The highest BCUT2D eigenvalue weighted by molar-refractivity contribution is 5.88. The number of fused-ring (bicyclic) bond motifs is 8. The number of aromatic amines is 2. The van der Waals surface area contributed by atoms with Crippen LogP contribution in [0.5, 0.6) is 0 Å². The molecule has 0 aliphatic carbocycles. The van der Waals surface area contributed by atoms with Crippen LogP contribution >= 0.6 is 0 Å². The summed E-state index contributed by atoms with van der Waals surface area (Å²) in [5, 5.41) is 9.81. The van der Waals surface area contributed by atoms with Gasteiger partial charge in [-0.1, -0.05) is 12.2 Å². The largest absolute Gasteiger partial charge is 0.374 e. The highest BCUT2D eigenvalue weighted by Gasteiger charge is 2.27. The van der Waals surface area contributed by atoms with Crippen molar-refractivity contribution in [2.45, 2.75) is 12.1 Å². The Hall–Kier alpha value is -6.54. The first-order valence-electron chi connectivity index (χ1n) is 15.9. The van der Waals surface area contributed by atoms with Crippen molar-refractivity contribution in [3.8, 4) is 0 Å². The number of hydrogen-bond acceptors (Lipinski definition) is 6. The molecule has 2 atom stereocenters. The van der Waals surface area contributed by atoms with Crippen LogP contribution in [-0.4, -0.2) is 42.0 Å². The molecule has 3 aliphatic rings. The number of H-pyrrole nitrogens is 2. The molecule has 0 spiro atoms. The summed E-state index contributed by atoms with van der Waals surface area (Å²) in [7, 11) is 0. The molecule has 9 rings (SSSR count). The molecule has 3 aliphatic heterocycles. The van der Waals surface area contributed by atoms with Crippen LogP contribution in [0.1, 0.15) is 33.6 Å². The molecule has 0 aromatic carbocycles. The van der Waals surface area contributed by atoms with Gasteiger partial charge in [-0.3, -0.25) is 19.9 Å². The average molecular weight is 623 g/mol. The quantitative estimate of drug-likeness (QED) is 0.229. The Labute approximate surface area is 276 Å². The fraction of sp³-hybridized carbons (Fsp3) is 0.0500. The lowest BCUT2D eigenvalue weighted by Crippen LogP contribution is -2.31. The third-order valence-electron chi connectivity index (χ3n) is 9.11. The molecule has 8 bridgehead atoms. The molecule has 0 fully saturated rings. The van der Waals surface area contributed by atoms with E-state index in [1.165, 1.54) is 0 Å². The third kappa shape index (κ3) is 4.87. The summed E-state index contributed by atoms with van der Waals surface area (Å²) in [6.45, 7) is 0. The van der Waals surface area contributed by atoms with E-state index in [1.807, 2.05) is 49.6 Å². The Morgan fingerprint density at radius 3 is 1.17 bits per heavy atom. The van der Waals surface area contributed by atoms with Crippen LogP contribution in [0.15, 0.2) is 158 Å². The molecule has 0 radical (unpaired) electrons. The van der Waals surface area contributed by atoms with Crippen LogP contribution in [0.4, 0.5) is 0 Å². The second kappa shape index (κ2) is 11.7. The number of nitrogens with zero attached hydrogens (tertiary/aromatic N) is 4. The molecule has 2 unspecified atom stereocenters. The van der Waals surface area contributed by atoms with Gasteiger partial charge in [-0.25, -0.2) is 0 Å². The van der Waals surface area contributed by atoms with E-state index in [9.17, 15) is 0 Å². The SMILES string of the molecule is C1=CC2N/C1=C(/c1ccncc1)c1ccc([nH]1)/C(c1ccncc1)=C1/C=CC(N1)/C(c1ccncc1)=c1/cc/c([nH]1)=C/2c1ccncc1. The summed E-state index contributed by atoms with van der Waals surface area (Å²) in [6, 6.07) is 25.0. The minimum absolute atomic E-state index is 0.0965. The second-order valence-corrected chi connectivity index (χ2v) is 11.9. The van der Waals surface area contributed by atoms with Gasteiger partial charge in [-0.05, 0) is 107 Å². The average Bonchev–Trinajstić information content (AvgIpc) is 3.98. The van der Waals surface area contributed by atoms with E-state index in [-0.39, 0.29) is 12.1 Å². The maximum absolute atomic E-state index is 4.32. The molecule has 9 heterocycles. The van der Waals surface area contributed by atoms with E-state index in [1.54, 1.807) is 0 Å². The lowest BCUT2D eigenvalue weighted by Gasteiger charge is -2.19. The molecule has 0 saturated heterocycles. The number of aromatic nitrogens is 6. The Morgan fingerprint density at radius 1 is 0.396 bits per heavy atom. The predicted molar refractivity (Wildman–Crippen MR) is 187 cm³/mol. The van der Waals surface area contributed by atoms with Crippen molar-refractivity contribution in [1.29, 1.82) is 0 Å². The summed E-state index contributed by atoms with van der Waals surface area (Å²) in [5.74, 6) is 0. The number of pyridine rings is 4. The van der Waals surface area contributed by atoms with E-state index < -0.39 is 0 Å². The van der Waals surface area contributed by atoms with E-state index >= 15 is 0 Å². The molecule has 4 N–H and O–H groups in total. The predicted octanol–water partition coefficient (Wildman–Crippen LogP) is 4.61. The Balaban J connectivity index is 1.36. The first-order valence-corrected chi connectivity index (χ1v) is 15.9. The van der Waals surface area contributed by atoms with Crippen LogP contribution in [0.2, 0.25) is 0 Å². The van der Waals surface area contributed by atoms with Crippen molar-refractivity contribution >= 4 is 22.3 Å². The summed E-state index contributed by atoms with van der Waals surface area (Å²) >= 11 is 0. The van der Waals surface area contributed by atoms with E-state index in [4.69, 9.17) is 0 Å². The molecule has 6 aromatic rings. The lowest BCUT2D eigenvalue weighted by atomic mass is 9.99. The second-order valence-electron chi connectivity index (χ2n) is 11.9. The summed E-state index contributed by atoms with van der Waals surface area (Å²) in [4.78, 5) is 24.9. The number of allylic oxidation sites excluding steroid dienone is 2. The van der Waals surface area contributed by atoms with Gasteiger partial charge >= 0.3 is 0 Å². The van der Waals surface area contributed by atoms with Gasteiger partial charge in [-0.15, -0.1) is 0 Å². The topological polar surface area (TPSA) is 107 Å². The fourth-order valence-corrected chi connectivity index (χ4v) is 6.97. The lowest BCUT2D eigenvalue weighted by molar-refractivity contribution is 0.849. The van der Waals surface area contributed by atoms with Gasteiger partial charge < -0.3 is 20.6 Å². The Morgan fingerprint density at radius 2 is 0.771 bits per heavy atom. The molecule has 0 amide bonds. The van der Waals surface area contributed by atoms with Crippen LogP contribution in [0.3, 0.4) is 0 Å². The third-order valence-corrected chi connectivity index (χ3v) is 9.11. The molecule has 0 saturated carbocycles. The standard InChI is InChI=1S/C40H30N8/c1-2-30-38(26-11-19-42-20-12-26)32-5-6-34(47-32)40(28-15-23-44-24-16-28)36-8-7-35(48-36)39(27-13-21-43-22-14-27)33-4-3-31(46-33)37(29(1)45-30)25-9-17-41-18-10-25/h1-24,29,35,45-48H/b37-31-,38-30-,39-33-,40-36-. The molecular formula is C40H30N8. The van der Waals surface area contributed by atoms with E-state index in [2.05, 4.69) is 138 Å². The van der Waals surface area contributed by atoms with Crippen LogP contribution in [0, 0.1) is 0 Å². The van der Waals surface area contributed by atoms with Gasteiger partial charge in [0.05, 0.1) is 12.1 Å². The molecule has 8 heteroatoms. The van der Waals surface area contributed by atoms with E-state index in [0.29, 0.717) is 0 Å². The highest BCUT2D eigenvalue weighted by Crippen LogP contribution is 2.35. The summed E-state index contributed by atoms with van der Waals surface area (Å²) < 4.78 is 0. The first kappa shape index (κ1) is 27.7. The zero-order chi connectivity index (χ0) is 31.9.